The number of nitrogens with one attached hydrogen (secondary N) is 2. The predicted octanol–water partition coefficient (Wildman–Crippen LogP) is -3.28. The van der Waals surface area contributed by atoms with Gasteiger partial charge in [-0.2, -0.15) is 4.98 Å². The lowest BCUT2D eigenvalue weighted by Gasteiger charge is -2.21. The summed E-state index contributed by atoms with van der Waals surface area (Å²) in [6.45, 7) is -0.716. The van der Waals surface area contributed by atoms with Gasteiger partial charge in [0, 0.05) is 0 Å². The van der Waals surface area contributed by atoms with Crippen LogP contribution >= 0.6 is 7.82 Å². The average molecular weight is 379 g/mol. The standard InChI is InChI=1S/C10H14N5O9P/c11-9-13-6-3(7(18)14-9)12-10(19)15(6)8-5(24-25(20,21)22)4(17)2(1-16)23-8/h2,4-5,8,16-17H,1H2,(H,12,19)(H2,20,21,22)(H3,11,13,14,18)/t2-,4-,5-,8-/m1/s1. The Labute approximate surface area is 137 Å². The van der Waals surface area contributed by atoms with Crippen LogP contribution in [0.4, 0.5) is 5.95 Å². The highest BCUT2D eigenvalue weighted by atomic mass is 31.2. The van der Waals surface area contributed by atoms with Crippen LogP contribution in [0.3, 0.4) is 0 Å². The highest BCUT2D eigenvalue weighted by Gasteiger charge is 2.49. The van der Waals surface area contributed by atoms with Crippen LogP contribution in [0, 0.1) is 0 Å². The molecule has 2 aromatic heterocycles. The van der Waals surface area contributed by atoms with Crippen molar-refractivity contribution in [3.63, 3.8) is 0 Å². The molecule has 0 aromatic carbocycles. The van der Waals surface area contributed by atoms with Crippen molar-refractivity contribution in [1.82, 2.24) is 19.5 Å². The summed E-state index contributed by atoms with van der Waals surface area (Å²) < 4.78 is 21.7. The number of phosphoric acid groups is 1. The normalized spacial score (nSPS) is 27.2. The van der Waals surface area contributed by atoms with E-state index in [0.717, 1.165) is 4.57 Å². The Hall–Kier alpha value is -2.06. The van der Waals surface area contributed by atoms with E-state index in [1.165, 1.54) is 0 Å². The van der Waals surface area contributed by atoms with Crippen molar-refractivity contribution >= 4 is 24.9 Å². The van der Waals surface area contributed by atoms with Gasteiger partial charge in [-0.1, -0.05) is 0 Å². The smallest absolute Gasteiger partial charge is 0.394 e. The number of fused-ring (bicyclic) bond motifs is 1. The lowest BCUT2D eigenvalue weighted by atomic mass is 10.1. The molecule has 1 aliphatic rings. The SMILES string of the molecule is Nc1nc2c([nH]c(=O)n2[C@@H]2O[C@H](CO)[C@@H](O)[C@H]2OP(=O)(O)O)c(=O)[nH]1. The summed E-state index contributed by atoms with van der Waals surface area (Å²) in [7, 11) is -5.08. The van der Waals surface area contributed by atoms with E-state index in [1.807, 2.05) is 0 Å². The Kier molecular flexibility index (Phi) is 4.28. The van der Waals surface area contributed by atoms with Gasteiger partial charge in [0.25, 0.3) is 5.56 Å². The molecule has 8 N–H and O–H groups in total. The molecule has 1 aliphatic heterocycles. The number of rotatable bonds is 4. The van der Waals surface area contributed by atoms with Gasteiger partial charge in [-0.3, -0.25) is 19.3 Å². The molecule has 2 aromatic rings. The number of nitrogens with zero attached hydrogens (tertiary/aromatic N) is 2. The molecule has 0 amide bonds. The molecule has 14 nitrogen and oxygen atoms in total. The summed E-state index contributed by atoms with van der Waals surface area (Å²) in [5, 5.41) is 19.3. The van der Waals surface area contributed by atoms with E-state index in [0.29, 0.717) is 0 Å². The third-order valence-electron chi connectivity index (χ3n) is 3.60. The molecule has 1 saturated heterocycles. The third kappa shape index (κ3) is 3.11. The molecular weight excluding hydrogens is 365 g/mol. The van der Waals surface area contributed by atoms with Crippen LogP contribution in [0.5, 0.6) is 0 Å². The van der Waals surface area contributed by atoms with Crippen LogP contribution < -0.4 is 17.0 Å². The highest BCUT2D eigenvalue weighted by molar-refractivity contribution is 7.46. The molecule has 3 heterocycles. The lowest BCUT2D eigenvalue weighted by molar-refractivity contribution is -0.0519. The number of nitrogen functional groups attached to an aromatic ring is 1. The second-order valence-electron chi connectivity index (χ2n) is 5.25. The van der Waals surface area contributed by atoms with E-state index < -0.39 is 50.2 Å². The Balaban J connectivity index is 2.18. The Bertz CT molecular complexity index is 960. The number of nitrogens with two attached hydrogens (primary N) is 1. The average Bonchev–Trinajstić information content (AvgIpc) is 2.96. The molecule has 25 heavy (non-hydrogen) atoms. The fourth-order valence-corrected chi connectivity index (χ4v) is 3.16. The van der Waals surface area contributed by atoms with E-state index in [1.54, 1.807) is 0 Å². The molecular formula is C10H14N5O9P. The van der Waals surface area contributed by atoms with Crippen LogP contribution in [0.25, 0.3) is 11.2 Å². The maximum Gasteiger partial charge on any atom is 0.470 e. The number of aliphatic hydroxyl groups is 2. The number of ether oxygens (including phenoxy) is 1. The number of hydrogen-bond donors (Lipinski definition) is 7. The second kappa shape index (κ2) is 6.03. The maximum atomic E-state index is 12.2. The number of phosphoric ester groups is 1. The number of imidazole rings is 1. The van der Waals surface area contributed by atoms with Gasteiger partial charge in [-0.25, -0.2) is 13.9 Å². The van der Waals surface area contributed by atoms with E-state index >= 15 is 0 Å². The van der Waals surface area contributed by atoms with Gasteiger partial charge in [0.2, 0.25) is 5.95 Å². The largest absolute Gasteiger partial charge is 0.470 e. The van der Waals surface area contributed by atoms with Crippen molar-refractivity contribution in [2.75, 3.05) is 12.3 Å². The molecule has 0 saturated carbocycles. The number of aromatic nitrogens is 4. The van der Waals surface area contributed by atoms with Crippen molar-refractivity contribution in [2.45, 2.75) is 24.5 Å². The first kappa shape index (κ1) is 17.8. The van der Waals surface area contributed by atoms with Crippen molar-refractivity contribution in [3.05, 3.63) is 20.8 Å². The molecule has 0 unspecified atom stereocenters. The number of aromatic amines is 2. The topological polar surface area (TPSA) is 226 Å². The molecule has 1 fully saturated rings. The minimum atomic E-state index is -5.08. The predicted molar refractivity (Wildman–Crippen MR) is 79.3 cm³/mol. The molecule has 0 radical (unpaired) electrons. The van der Waals surface area contributed by atoms with Gasteiger partial charge in [0.15, 0.2) is 17.4 Å². The zero-order valence-electron chi connectivity index (χ0n) is 12.3. The molecule has 0 spiro atoms. The van der Waals surface area contributed by atoms with Crippen molar-refractivity contribution in [2.24, 2.45) is 0 Å². The molecule has 138 valence electrons. The molecule has 4 atom stereocenters. The number of aliphatic hydroxyl groups excluding tert-OH is 2. The molecule has 0 bridgehead atoms. The van der Waals surface area contributed by atoms with Crippen LogP contribution in [0.1, 0.15) is 6.23 Å². The monoisotopic (exact) mass is 379 g/mol. The molecule has 15 heteroatoms. The van der Waals surface area contributed by atoms with Crippen LogP contribution in [0.2, 0.25) is 0 Å². The minimum absolute atomic E-state index is 0.264. The van der Waals surface area contributed by atoms with E-state index in [-0.39, 0.29) is 17.1 Å². The number of anilines is 1. The summed E-state index contributed by atoms with van der Waals surface area (Å²) in [5.74, 6) is -0.324. The van der Waals surface area contributed by atoms with Gasteiger partial charge in [-0.05, 0) is 0 Å². The fourth-order valence-electron chi connectivity index (χ4n) is 2.61. The summed E-state index contributed by atoms with van der Waals surface area (Å²) in [6, 6.07) is 0. The van der Waals surface area contributed by atoms with Gasteiger partial charge in [0.1, 0.15) is 18.3 Å². The summed E-state index contributed by atoms with van der Waals surface area (Å²) >= 11 is 0. The van der Waals surface area contributed by atoms with Crippen molar-refractivity contribution in [1.29, 1.82) is 0 Å². The zero-order chi connectivity index (χ0) is 18.5. The quantitative estimate of drug-likeness (QED) is 0.261. The summed E-state index contributed by atoms with van der Waals surface area (Å²) in [4.78, 5) is 50.2. The van der Waals surface area contributed by atoms with Crippen LogP contribution in [-0.4, -0.2) is 64.4 Å². The Morgan fingerprint density at radius 1 is 1.36 bits per heavy atom. The van der Waals surface area contributed by atoms with Gasteiger partial charge >= 0.3 is 13.5 Å². The highest BCUT2D eigenvalue weighted by Crippen LogP contribution is 2.44. The third-order valence-corrected chi connectivity index (χ3v) is 4.12. The van der Waals surface area contributed by atoms with E-state index in [4.69, 9.17) is 20.3 Å². The fraction of sp³-hybridized carbons (Fsp3) is 0.500. The first-order valence-electron chi connectivity index (χ1n) is 6.80. The summed E-state index contributed by atoms with van der Waals surface area (Å²) in [5.41, 5.74) is 3.21. The first-order valence-corrected chi connectivity index (χ1v) is 8.33. The van der Waals surface area contributed by atoms with Crippen molar-refractivity contribution < 1.29 is 33.8 Å². The first-order chi connectivity index (χ1) is 11.6. The van der Waals surface area contributed by atoms with Gasteiger partial charge < -0.3 is 30.5 Å². The zero-order valence-corrected chi connectivity index (χ0v) is 13.2. The van der Waals surface area contributed by atoms with Gasteiger partial charge in [0.05, 0.1) is 6.61 Å². The van der Waals surface area contributed by atoms with Gasteiger partial charge in [-0.15, -0.1) is 0 Å². The minimum Gasteiger partial charge on any atom is -0.394 e. The number of hydrogen-bond acceptors (Lipinski definition) is 9. The van der Waals surface area contributed by atoms with Crippen LogP contribution in [0.15, 0.2) is 9.59 Å². The van der Waals surface area contributed by atoms with Crippen molar-refractivity contribution in [3.8, 4) is 0 Å². The van der Waals surface area contributed by atoms with E-state index in [9.17, 15) is 24.4 Å². The van der Waals surface area contributed by atoms with E-state index in [2.05, 4.69) is 19.5 Å². The number of H-pyrrole nitrogens is 2. The molecule has 0 aliphatic carbocycles. The summed E-state index contributed by atoms with van der Waals surface area (Å²) in [6.07, 6.45) is -6.27. The Morgan fingerprint density at radius 2 is 2.04 bits per heavy atom. The maximum absolute atomic E-state index is 12.2. The second-order valence-corrected chi connectivity index (χ2v) is 6.44. The van der Waals surface area contributed by atoms with Crippen LogP contribution in [-0.2, 0) is 13.8 Å². The lowest BCUT2D eigenvalue weighted by Crippen LogP contribution is -2.36. The Morgan fingerprint density at radius 3 is 2.64 bits per heavy atom. The molecule has 3 rings (SSSR count).